The number of rotatable bonds is 2. The third kappa shape index (κ3) is 2.51. The van der Waals surface area contributed by atoms with Crippen LogP contribution in [-0.2, 0) is 14.3 Å². The SMILES string of the molecule is COC(=O)C1COCCN1C(=O)c1csc(C)n1. The number of hydrogen-bond donors (Lipinski definition) is 0. The number of methoxy groups -OCH3 is 1. The van der Waals surface area contributed by atoms with E-state index in [1.54, 1.807) is 5.38 Å². The fraction of sp³-hybridized carbons (Fsp3) is 0.545. The topological polar surface area (TPSA) is 68.7 Å². The second kappa shape index (κ2) is 5.45. The van der Waals surface area contributed by atoms with Gasteiger partial charge in [-0.3, -0.25) is 4.79 Å². The van der Waals surface area contributed by atoms with Crippen LogP contribution in [0, 0.1) is 6.92 Å². The summed E-state index contributed by atoms with van der Waals surface area (Å²) in [6.45, 7) is 2.79. The Morgan fingerprint density at radius 1 is 1.61 bits per heavy atom. The molecule has 1 aromatic rings. The van der Waals surface area contributed by atoms with Gasteiger partial charge in [0.1, 0.15) is 5.69 Å². The molecular formula is C11H14N2O4S. The van der Waals surface area contributed by atoms with Crippen LogP contribution in [0.3, 0.4) is 0 Å². The molecule has 0 spiro atoms. The van der Waals surface area contributed by atoms with Gasteiger partial charge in [0, 0.05) is 11.9 Å². The fourth-order valence-corrected chi connectivity index (χ4v) is 2.37. The van der Waals surface area contributed by atoms with Crippen LogP contribution in [0.15, 0.2) is 5.38 Å². The number of amides is 1. The quantitative estimate of drug-likeness (QED) is 0.730. The molecule has 7 heteroatoms. The predicted octanol–water partition coefficient (Wildman–Crippen LogP) is 0.466. The minimum Gasteiger partial charge on any atom is -0.467 e. The van der Waals surface area contributed by atoms with Crippen molar-refractivity contribution in [3.05, 3.63) is 16.1 Å². The second-order valence-corrected chi connectivity index (χ2v) is 4.93. The Bertz CT molecular complexity index is 460. The molecule has 1 fully saturated rings. The first kappa shape index (κ1) is 13.0. The number of morpholine rings is 1. The van der Waals surface area contributed by atoms with E-state index in [4.69, 9.17) is 4.74 Å². The highest BCUT2D eigenvalue weighted by Crippen LogP contribution is 2.15. The van der Waals surface area contributed by atoms with E-state index in [0.29, 0.717) is 18.8 Å². The van der Waals surface area contributed by atoms with E-state index in [1.807, 2.05) is 6.92 Å². The van der Waals surface area contributed by atoms with Gasteiger partial charge in [-0.15, -0.1) is 11.3 Å². The van der Waals surface area contributed by atoms with Crippen LogP contribution in [0.5, 0.6) is 0 Å². The van der Waals surface area contributed by atoms with Crippen molar-refractivity contribution in [1.29, 1.82) is 0 Å². The van der Waals surface area contributed by atoms with E-state index < -0.39 is 12.0 Å². The van der Waals surface area contributed by atoms with E-state index in [1.165, 1.54) is 23.3 Å². The number of nitrogens with zero attached hydrogens (tertiary/aromatic N) is 2. The molecular weight excluding hydrogens is 256 g/mol. The molecule has 1 atom stereocenters. The Balaban J connectivity index is 2.18. The monoisotopic (exact) mass is 270 g/mol. The van der Waals surface area contributed by atoms with Crippen LogP contribution >= 0.6 is 11.3 Å². The van der Waals surface area contributed by atoms with Gasteiger partial charge in [0.2, 0.25) is 0 Å². The third-order valence-corrected chi connectivity index (χ3v) is 3.47. The maximum absolute atomic E-state index is 12.3. The maximum Gasteiger partial charge on any atom is 0.331 e. The fourth-order valence-electron chi connectivity index (χ4n) is 1.79. The van der Waals surface area contributed by atoms with Crippen molar-refractivity contribution in [2.45, 2.75) is 13.0 Å². The van der Waals surface area contributed by atoms with E-state index in [9.17, 15) is 9.59 Å². The first-order valence-electron chi connectivity index (χ1n) is 5.52. The van der Waals surface area contributed by atoms with Gasteiger partial charge in [-0.25, -0.2) is 9.78 Å². The minimum atomic E-state index is -0.682. The Labute approximate surface area is 109 Å². The van der Waals surface area contributed by atoms with Crippen molar-refractivity contribution in [3.63, 3.8) is 0 Å². The molecule has 1 saturated heterocycles. The van der Waals surface area contributed by atoms with Gasteiger partial charge in [-0.05, 0) is 6.92 Å². The number of hydrogen-bond acceptors (Lipinski definition) is 6. The average Bonchev–Trinajstić information content (AvgIpc) is 2.83. The van der Waals surface area contributed by atoms with Crippen LogP contribution in [0.2, 0.25) is 0 Å². The van der Waals surface area contributed by atoms with Gasteiger partial charge in [-0.1, -0.05) is 0 Å². The second-order valence-electron chi connectivity index (χ2n) is 3.86. The molecule has 1 unspecified atom stereocenters. The largest absolute Gasteiger partial charge is 0.467 e. The Morgan fingerprint density at radius 3 is 3.00 bits per heavy atom. The first-order chi connectivity index (χ1) is 8.63. The highest BCUT2D eigenvalue weighted by molar-refractivity contribution is 7.09. The molecule has 0 radical (unpaired) electrons. The molecule has 0 aliphatic carbocycles. The molecule has 1 aromatic heterocycles. The van der Waals surface area contributed by atoms with Gasteiger partial charge < -0.3 is 14.4 Å². The number of thiazole rings is 1. The van der Waals surface area contributed by atoms with Crippen LogP contribution < -0.4 is 0 Å². The molecule has 0 N–H and O–H groups in total. The van der Waals surface area contributed by atoms with Crippen molar-refractivity contribution in [3.8, 4) is 0 Å². The predicted molar refractivity (Wildman–Crippen MR) is 64.5 cm³/mol. The number of aromatic nitrogens is 1. The van der Waals surface area contributed by atoms with Crippen molar-refractivity contribution in [2.75, 3.05) is 26.9 Å². The van der Waals surface area contributed by atoms with E-state index in [0.717, 1.165) is 5.01 Å². The number of esters is 1. The molecule has 2 rings (SSSR count). The normalized spacial score (nSPS) is 19.7. The Kier molecular flexibility index (Phi) is 3.93. The summed E-state index contributed by atoms with van der Waals surface area (Å²) in [6.07, 6.45) is 0. The van der Waals surface area contributed by atoms with Gasteiger partial charge in [-0.2, -0.15) is 0 Å². The zero-order chi connectivity index (χ0) is 13.1. The first-order valence-corrected chi connectivity index (χ1v) is 6.40. The maximum atomic E-state index is 12.3. The van der Waals surface area contributed by atoms with Crippen LogP contribution in [0.25, 0.3) is 0 Å². The minimum absolute atomic E-state index is 0.168. The van der Waals surface area contributed by atoms with Crippen molar-refractivity contribution >= 4 is 23.2 Å². The zero-order valence-corrected chi connectivity index (χ0v) is 11.0. The molecule has 0 bridgehead atoms. The standard InChI is InChI=1S/C11H14N2O4S/c1-7-12-8(6-18-7)10(14)13-3-4-17-5-9(13)11(15)16-2/h6,9H,3-5H2,1-2H3. The van der Waals surface area contributed by atoms with Gasteiger partial charge in [0.05, 0.1) is 25.3 Å². The third-order valence-electron chi connectivity index (χ3n) is 2.70. The smallest absolute Gasteiger partial charge is 0.331 e. The molecule has 0 aromatic carbocycles. The Hall–Kier alpha value is -1.47. The van der Waals surface area contributed by atoms with Crippen LogP contribution in [-0.4, -0.2) is 54.7 Å². The molecule has 18 heavy (non-hydrogen) atoms. The number of aryl methyl sites for hydroxylation is 1. The van der Waals surface area contributed by atoms with E-state index >= 15 is 0 Å². The lowest BCUT2D eigenvalue weighted by molar-refractivity contribution is -0.151. The molecule has 6 nitrogen and oxygen atoms in total. The lowest BCUT2D eigenvalue weighted by Gasteiger charge is -2.33. The Morgan fingerprint density at radius 2 is 2.39 bits per heavy atom. The molecule has 1 amide bonds. The summed E-state index contributed by atoms with van der Waals surface area (Å²) in [5.74, 6) is -0.715. The summed E-state index contributed by atoms with van der Waals surface area (Å²) in [6, 6.07) is -0.682. The number of carbonyl (C=O) groups is 2. The summed E-state index contributed by atoms with van der Waals surface area (Å²) < 4.78 is 9.89. The molecule has 0 saturated carbocycles. The summed E-state index contributed by atoms with van der Waals surface area (Å²) in [4.78, 5) is 29.5. The summed E-state index contributed by atoms with van der Waals surface area (Å²) in [5.41, 5.74) is 0.369. The van der Waals surface area contributed by atoms with Crippen LogP contribution in [0.1, 0.15) is 15.5 Å². The lowest BCUT2D eigenvalue weighted by Crippen LogP contribution is -2.53. The summed E-state index contributed by atoms with van der Waals surface area (Å²) in [5, 5.41) is 2.52. The summed E-state index contributed by atoms with van der Waals surface area (Å²) in [7, 11) is 1.30. The number of ether oxygens (including phenoxy) is 2. The van der Waals surface area contributed by atoms with Gasteiger partial charge in [0.25, 0.3) is 5.91 Å². The molecule has 1 aliphatic heterocycles. The lowest BCUT2D eigenvalue weighted by atomic mass is 10.2. The molecule has 1 aliphatic rings. The van der Waals surface area contributed by atoms with Crippen molar-refractivity contribution in [1.82, 2.24) is 9.88 Å². The highest BCUT2D eigenvalue weighted by atomic mass is 32.1. The molecule has 98 valence electrons. The van der Waals surface area contributed by atoms with Crippen LogP contribution in [0.4, 0.5) is 0 Å². The molecule has 2 heterocycles. The zero-order valence-electron chi connectivity index (χ0n) is 10.2. The van der Waals surface area contributed by atoms with Gasteiger partial charge >= 0.3 is 5.97 Å². The van der Waals surface area contributed by atoms with E-state index in [2.05, 4.69) is 9.72 Å². The highest BCUT2D eigenvalue weighted by Gasteiger charge is 2.34. The van der Waals surface area contributed by atoms with Crippen molar-refractivity contribution in [2.24, 2.45) is 0 Å². The number of carbonyl (C=O) groups excluding carboxylic acids is 2. The van der Waals surface area contributed by atoms with E-state index in [-0.39, 0.29) is 12.5 Å². The van der Waals surface area contributed by atoms with Crippen molar-refractivity contribution < 1.29 is 19.1 Å². The average molecular weight is 270 g/mol. The summed E-state index contributed by atoms with van der Waals surface area (Å²) >= 11 is 1.41. The van der Waals surface area contributed by atoms with Gasteiger partial charge in [0.15, 0.2) is 6.04 Å².